The van der Waals surface area contributed by atoms with Gasteiger partial charge in [-0.25, -0.2) is 4.39 Å². The van der Waals surface area contributed by atoms with E-state index in [1.807, 2.05) is 6.07 Å². The number of halogens is 1. The Morgan fingerprint density at radius 1 is 1.38 bits per heavy atom. The Labute approximate surface area is 95.4 Å². The van der Waals surface area contributed by atoms with Gasteiger partial charge in [0.2, 0.25) is 0 Å². The molecule has 1 saturated heterocycles. The lowest BCUT2D eigenvalue weighted by molar-refractivity contribution is 0.167. The molecular weight excluding hydrogens is 203 g/mol. The Morgan fingerprint density at radius 3 is 3.00 bits per heavy atom. The molecule has 3 heteroatoms. The van der Waals surface area contributed by atoms with Crippen LogP contribution in [0.2, 0.25) is 0 Å². The van der Waals surface area contributed by atoms with E-state index >= 15 is 0 Å². The normalized spacial score (nSPS) is 24.9. The van der Waals surface area contributed by atoms with Gasteiger partial charge in [0.1, 0.15) is 5.82 Å². The molecule has 1 unspecified atom stereocenters. The highest BCUT2D eigenvalue weighted by Gasteiger charge is 2.24. The van der Waals surface area contributed by atoms with Crippen molar-refractivity contribution in [3.8, 4) is 0 Å². The van der Waals surface area contributed by atoms with Gasteiger partial charge >= 0.3 is 0 Å². The summed E-state index contributed by atoms with van der Waals surface area (Å²) in [6.45, 7) is 5.41. The van der Waals surface area contributed by atoms with Crippen molar-refractivity contribution < 1.29 is 4.39 Å². The summed E-state index contributed by atoms with van der Waals surface area (Å²) >= 11 is 0. The van der Waals surface area contributed by atoms with Gasteiger partial charge in [0, 0.05) is 25.6 Å². The molecule has 2 aliphatic rings. The molecule has 1 atom stereocenters. The monoisotopic (exact) mass is 220 g/mol. The summed E-state index contributed by atoms with van der Waals surface area (Å²) in [5.74, 6) is 0.412. The molecule has 3 rings (SSSR count). The van der Waals surface area contributed by atoms with E-state index in [0.29, 0.717) is 5.92 Å². The first kappa shape index (κ1) is 10.2. The zero-order valence-electron chi connectivity index (χ0n) is 9.38. The third kappa shape index (κ3) is 1.85. The molecule has 2 nitrogen and oxygen atoms in total. The molecule has 0 spiro atoms. The highest BCUT2D eigenvalue weighted by atomic mass is 19.1. The summed E-state index contributed by atoms with van der Waals surface area (Å²) in [5.41, 5.74) is 2.48. The Kier molecular flexibility index (Phi) is 2.65. The Hall–Kier alpha value is -0.930. The number of likely N-dealkylation sites (tertiary alicyclic amines) is 1. The van der Waals surface area contributed by atoms with Crippen molar-refractivity contribution in [1.82, 2.24) is 10.2 Å². The lowest BCUT2D eigenvalue weighted by Crippen LogP contribution is -2.43. The molecule has 0 amide bonds. The van der Waals surface area contributed by atoms with Crippen LogP contribution in [0.4, 0.5) is 4.39 Å². The molecule has 0 bridgehead atoms. The summed E-state index contributed by atoms with van der Waals surface area (Å²) < 4.78 is 13.1. The Morgan fingerprint density at radius 2 is 2.25 bits per heavy atom. The fraction of sp³-hybridized carbons (Fsp3) is 0.538. The summed E-state index contributed by atoms with van der Waals surface area (Å²) in [6.07, 6.45) is 1.33. The molecule has 1 aromatic rings. The molecule has 0 aliphatic carbocycles. The van der Waals surface area contributed by atoms with E-state index < -0.39 is 0 Å². The van der Waals surface area contributed by atoms with Gasteiger partial charge in [-0.3, -0.25) is 0 Å². The van der Waals surface area contributed by atoms with Gasteiger partial charge in [0.15, 0.2) is 0 Å². The Balaban J connectivity index is 1.81. The zero-order chi connectivity index (χ0) is 11.0. The van der Waals surface area contributed by atoms with Crippen molar-refractivity contribution >= 4 is 0 Å². The summed E-state index contributed by atoms with van der Waals surface area (Å²) in [6, 6.07) is 5.23. The number of nitrogens with zero attached hydrogens (tertiary/aromatic N) is 1. The molecule has 1 N–H and O–H groups in total. The van der Waals surface area contributed by atoms with Crippen LogP contribution in [0.5, 0.6) is 0 Å². The predicted molar refractivity (Wildman–Crippen MR) is 61.9 cm³/mol. The van der Waals surface area contributed by atoms with Crippen molar-refractivity contribution in [3.63, 3.8) is 0 Å². The molecular formula is C13H17FN2. The first-order chi connectivity index (χ1) is 7.83. The van der Waals surface area contributed by atoms with E-state index in [0.717, 1.165) is 25.2 Å². The first-order valence-electron chi connectivity index (χ1n) is 6.04. The molecule has 0 aromatic heterocycles. The molecule has 16 heavy (non-hydrogen) atoms. The highest BCUT2D eigenvalue weighted by Crippen LogP contribution is 2.26. The van der Waals surface area contributed by atoms with Crippen LogP contribution in [0.1, 0.15) is 23.5 Å². The average molecular weight is 220 g/mol. The van der Waals surface area contributed by atoms with Crippen LogP contribution in [-0.4, -0.2) is 31.1 Å². The van der Waals surface area contributed by atoms with Crippen LogP contribution in [0, 0.1) is 5.82 Å². The van der Waals surface area contributed by atoms with Crippen molar-refractivity contribution in [2.75, 3.05) is 26.2 Å². The minimum atomic E-state index is -0.120. The standard InChI is InChI=1S/C13H17FN2/c14-12-2-3-13-10(6-12)7-15-8-11(13)9-16-4-1-5-16/h2-3,6,11,15H,1,4-5,7-9H2. The SMILES string of the molecule is Fc1ccc2c(c1)CNCC2CN1CCC1. The molecule has 86 valence electrons. The van der Waals surface area contributed by atoms with Crippen molar-refractivity contribution in [1.29, 1.82) is 0 Å². The summed E-state index contributed by atoms with van der Waals surface area (Å²) in [7, 11) is 0. The molecule has 0 saturated carbocycles. The number of rotatable bonds is 2. The average Bonchev–Trinajstić information content (AvgIpc) is 2.23. The van der Waals surface area contributed by atoms with Gasteiger partial charge in [-0.05, 0) is 42.8 Å². The second-order valence-corrected chi connectivity index (χ2v) is 4.83. The topological polar surface area (TPSA) is 15.3 Å². The molecule has 1 fully saturated rings. The first-order valence-corrected chi connectivity index (χ1v) is 6.04. The van der Waals surface area contributed by atoms with Gasteiger partial charge in [0.05, 0.1) is 0 Å². The zero-order valence-corrected chi connectivity index (χ0v) is 9.38. The number of hydrogen-bond acceptors (Lipinski definition) is 2. The smallest absolute Gasteiger partial charge is 0.123 e. The summed E-state index contributed by atoms with van der Waals surface area (Å²) in [4.78, 5) is 2.48. The van der Waals surface area contributed by atoms with Gasteiger partial charge in [-0.15, -0.1) is 0 Å². The minimum Gasteiger partial charge on any atom is -0.312 e. The molecule has 2 heterocycles. The van der Waals surface area contributed by atoms with E-state index in [9.17, 15) is 4.39 Å². The van der Waals surface area contributed by atoms with Crippen molar-refractivity contribution in [3.05, 3.63) is 35.1 Å². The van der Waals surface area contributed by atoms with Crippen molar-refractivity contribution in [2.45, 2.75) is 18.9 Å². The predicted octanol–water partition coefficient (Wildman–Crippen LogP) is 1.72. The number of fused-ring (bicyclic) bond motifs is 1. The highest BCUT2D eigenvalue weighted by molar-refractivity contribution is 5.33. The van der Waals surface area contributed by atoms with Crippen LogP contribution in [-0.2, 0) is 6.54 Å². The lowest BCUT2D eigenvalue weighted by atomic mass is 9.89. The van der Waals surface area contributed by atoms with Gasteiger partial charge < -0.3 is 10.2 Å². The van der Waals surface area contributed by atoms with E-state index in [1.54, 1.807) is 12.1 Å². The molecule has 1 aromatic carbocycles. The van der Waals surface area contributed by atoms with E-state index in [4.69, 9.17) is 0 Å². The fourth-order valence-electron chi connectivity index (χ4n) is 2.66. The van der Waals surface area contributed by atoms with Gasteiger partial charge in [0.25, 0.3) is 0 Å². The largest absolute Gasteiger partial charge is 0.312 e. The van der Waals surface area contributed by atoms with E-state index in [1.165, 1.54) is 25.1 Å². The number of nitrogens with one attached hydrogen (secondary N) is 1. The second-order valence-electron chi connectivity index (χ2n) is 4.83. The fourth-order valence-corrected chi connectivity index (χ4v) is 2.66. The maximum Gasteiger partial charge on any atom is 0.123 e. The maximum atomic E-state index is 13.1. The summed E-state index contributed by atoms with van der Waals surface area (Å²) in [5, 5.41) is 3.38. The molecule has 0 radical (unpaired) electrons. The van der Waals surface area contributed by atoms with Gasteiger partial charge in [-0.2, -0.15) is 0 Å². The van der Waals surface area contributed by atoms with Crippen LogP contribution < -0.4 is 5.32 Å². The van der Waals surface area contributed by atoms with Crippen LogP contribution in [0.3, 0.4) is 0 Å². The number of hydrogen-bond donors (Lipinski definition) is 1. The quantitative estimate of drug-likeness (QED) is 0.816. The molecule has 2 aliphatic heterocycles. The lowest BCUT2D eigenvalue weighted by Gasteiger charge is -2.36. The second kappa shape index (κ2) is 4.15. The van der Waals surface area contributed by atoms with Crippen molar-refractivity contribution in [2.24, 2.45) is 0 Å². The third-order valence-electron chi connectivity index (χ3n) is 3.68. The minimum absolute atomic E-state index is 0.120. The van der Waals surface area contributed by atoms with Crippen LogP contribution in [0.25, 0.3) is 0 Å². The third-order valence-corrected chi connectivity index (χ3v) is 3.68. The maximum absolute atomic E-state index is 13.1. The Bertz CT molecular complexity index is 388. The van der Waals surface area contributed by atoms with Gasteiger partial charge in [-0.1, -0.05) is 6.07 Å². The van der Waals surface area contributed by atoms with Crippen LogP contribution >= 0.6 is 0 Å². The van der Waals surface area contributed by atoms with Crippen LogP contribution in [0.15, 0.2) is 18.2 Å². The van der Waals surface area contributed by atoms with E-state index in [-0.39, 0.29) is 5.82 Å². The number of benzene rings is 1. The van der Waals surface area contributed by atoms with E-state index in [2.05, 4.69) is 10.2 Å².